The van der Waals surface area contributed by atoms with Crippen molar-refractivity contribution >= 4 is 10.0 Å². The van der Waals surface area contributed by atoms with E-state index in [0.717, 1.165) is 26.1 Å². The summed E-state index contributed by atoms with van der Waals surface area (Å²) in [7, 11) is -3.65. The Morgan fingerprint density at radius 2 is 1.81 bits per heavy atom. The third-order valence-corrected chi connectivity index (χ3v) is 5.24. The lowest BCUT2D eigenvalue weighted by atomic mass is 10.2. The maximum Gasteiger partial charge on any atom is 0.244 e. The van der Waals surface area contributed by atoms with Crippen LogP contribution in [0.3, 0.4) is 0 Å². The van der Waals surface area contributed by atoms with Crippen LogP contribution in [-0.2, 0) is 16.6 Å². The van der Waals surface area contributed by atoms with Gasteiger partial charge in [0, 0.05) is 12.1 Å². The molecule has 2 N–H and O–H groups in total. The first-order chi connectivity index (χ1) is 9.87. The van der Waals surface area contributed by atoms with Gasteiger partial charge >= 0.3 is 0 Å². The Morgan fingerprint density at radius 1 is 1.19 bits per heavy atom. The van der Waals surface area contributed by atoms with E-state index in [4.69, 9.17) is 4.42 Å². The van der Waals surface area contributed by atoms with Crippen LogP contribution < -0.4 is 4.72 Å². The Bertz CT molecular complexity index is 548. The lowest BCUT2D eigenvalue weighted by Crippen LogP contribution is -2.30. The predicted molar refractivity (Wildman–Crippen MR) is 81.7 cm³/mol. The molecule has 122 valence electrons. The summed E-state index contributed by atoms with van der Waals surface area (Å²) in [6.07, 6.45) is 0.741. The second-order valence-corrected chi connectivity index (χ2v) is 6.66. The third kappa shape index (κ3) is 4.54. The number of hydrogen-bond acceptors (Lipinski definition) is 5. The Hall–Kier alpha value is -0.890. The summed E-state index contributed by atoms with van der Waals surface area (Å²) in [6, 6.07) is 0. The van der Waals surface area contributed by atoms with E-state index in [9.17, 15) is 13.5 Å². The van der Waals surface area contributed by atoms with E-state index in [-0.39, 0.29) is 11.5 Å². The van der Waals surface area contributed by atoms with Crippen molar-refractivity contribution in [2.75, 3.05) is 26.2 Å². The van der Waals surface area contributed by atoms with Gasteiger partial charge in [0.2, 0.25) is 10.0 Å². The molecule has 1 heterocycles. The molecule has 0 bridgehead atoms. The minimum Gasteiger partial charge on any atom is -0.465 e. The number of aryl methyl sites for hydroxylation is 2. The standard InChI is InChI=1S/C14H26N2O4S/c1-5-16(6-2)9-7-8-15-21(18,19)14-12(4)20-11(3)13(14)10-17/h15,17H,5-10H2,1-4H3. The predicted octanol–water partition coefficient (Wildman–Crippen LogP) is 1.40. The number of nitrogens with one attached hydrogen (secondary N) is 1. The van der Waals surface area contributed by atoms with E-state index >= 15 is 0 Å². The molecule has 0 atom stereocenters. The minimum atomic E-state index is -3.65. The van der Waals surface area contributed by atoms with Crippen LogP contribution in [0.2, 0.25) is 0 Å². The van der Waals surface area contributed by atoms with Crippen molar-refractivity contribution in [3.05, 3.63) is 17.1 Å². The molecule has 0 saturated heterocycles. The molecule has 0 radical (unpaired) electrons. The molecule has 0 fully saturated rings. The van der Waals surface area contributed by atoms with Crippen molar-refractivity contribution < 1.29 is 17.9 Å². The Labute approximate surface area is 127 Å². The minimum absolute atomic E-state index is 0.0744. The van der Waals surface area contributed by atoms with Crippen molar-refractivity contribution in [2.45, 2.75) is 45.6 Å². The van der Waals surface area contributed by atoms with Crippen LogP contribution in [-0.4, -0.2) is 44.6 Å². The van der Waals surface area contributed by atoms with Gasteiger partial charge in [-0.2, -0.15) is 0 Å². The molecule has 6 nitrogen and oxygen atoms in total. The zero-order valence-corrected chi connectivity index (χ0v) is 14.1. The number of aliphatic hydroxyl groups is 1. The largest absolute Gasteiger partial charge is 0.465 e. The summed E-state index contributed by atoms with van der Waals surface area (Å²) < 4.78 is 32.6. The van der Waals surface area contributed by atoms with Gasteiger partial charge in [0.15, 0.2) is 0 Å². The van der Waals surface area contributed by atoms with Gasteiger partial charge in [0.25, 0.3) is 0 Å². The SMILES string of the molecule is CCN(CC)CCCNS(=O)(=O)c1c(C)oc(C)c1CO. The van der Waals surface area contributed by atoms with Gasteiger partial charge in [-0.15, -0.1) is 0 Å². The molecule has 0 saturated carbocycles. The molecule has 0 unspecified atom stereocenters. The smallest absolute Gasteiger partial charge is 0.244 e. The summed E-state index contributed by atoms with van der Waals surface area (Å²) in [5.41, 5.74) is 0.337. The molecule has 0 aromatic carbocycles. The van der Waals surface area contributed by atoms with Crippen LogP contribution in [0.5, 0.6) is 0 Å². The van der Waals surface area contributed by atoms with Crippen molar-refractivity contribution in [1.29, 1.82) is 0 Å². The maximum atomic E-state index is 12.3. The van der Waals surface area contributed by atoms with Gasteiger partial charge in [-0.3, -0.25) is 0 Å². The molecule has 0 amide bonds. The van der Waals surface area contributed by atoms with Crippen LogP contribution in [0.15, 0.2) is 9.31 Å². The molecule has 0 aliphatic rings. The Balaban J connectivity index is 2.71. The number of sulfonamides is 1. The quantitative estimate of drug-likeness (QED) is 0.673. The average molecular weight is 318 g/mol. The summed E-state index contributed by atoms with van der Waals surface area (Å²) in [5.74, 6) is 0.756. The number of furan rings is 1. The molecule has 21 heavy (non-hydrogen) atoms. The first-order valence-corrected chi connectivity index (χ1v) is 8.77. The number of aliphatic hydroxyl groups excluding tert-OH is 1. The fourth-order valence-electron chi connectivity index (χ4n) is 2.37. The lowest BCUT2D eigenvalue weighted by molar-refractivity contribution is 0.276. The molecule has 1 aromatic heterocycles. The van der Waals surface area contributed by atoms with Gasteiger partial charge in [-0.05, 0) is 39.9 Å². The van der Waals surface area contributed by atoms with E-state index < -0.39 is 10.0 Å². The topological polar surface area (TPSA) is 82.8 Å². The second kappa shape index (κ2) is 7.93. The third-order valence-electron chi connectivity index (χ3n) is 3.59. The van der Waals surface area contributed by atoms with Crippen molar-refractivity contribution in [3.8, 4) is 0 Å². The summed E-state index contributed by atoms with van der Waals surface area (Å²) in [6.45, 7) is 10.2. The first-order valence-electron chi connectivity index (χ1n) is 7.29. The highest BCUT2D eigenvalue weighted by atomic mass is 32.2. The molecule has 0 aliphatic heterocycles. The van der Waals surface area contributed by atoms with E-state index in [0.29, 0.717) is 23.6 Å². The monoisotopic (exact) mass is 318 g/mol. The Kier molecular flexibility index (Phi) is 6.86. The number of hydrogen-bond donors (Lipinski definition) is 2. The fraction of sp³-hybridized carbons (Fsp3) is 0.714. The van der Waals surface area contributed by atoms with Crippen LogP contribution in [0, 0.1) is 13.8 Å². The summed E-state index contributed by atoms with van der Waals surface area (Å²) in [5, 5.41) is 9.33. The average Bonchev–Trinajstić information content (AvgIpc) is 2.73. The molecule has 1 rings (SSSR count). The van der Waals surface area contributed by atoms with Gasteiger partial charge in [-0.1, -0.05) is 13.8 Å². The van der Waals surface area contributed by atoms with E-state index in [2.05, 4.69) is 23.5 Å². The number of nitrogens with zero attached hydrogens (tertiary/aromatic N) is 1. The summed E-state index contributed by atoms with van der Waals surface area (Å²) in [4.78, 5) is 2.31. The second-order valence-electron chi connectivity index (χ2n) is 4.96. The highest BCUT2D eigenvalue weighted by Gasteiger charge is 2.25. The molecular weight excluding hydrogens is 292 g/mol. The molecule has 1 aromatic rings. The zero-order valence-electron chi connectivity index (χ0n) is 13.3. The fourth-order valence-corrected chi connectivity index (χ4v) is 3.88. The van der Waals surface area contributed by atoms with Crippen LogP contribution >= 0.6 is 0 Å². The van der Waals surface area contributed by atoms with E-state index in [1.165, 1.54) is 0 Å². The molecular formula is C14H26N2O4S. The van der Waals surface area contributed by atoms with E-state index in [1.807, 2.05) is 0 Å². The van der Waals surface area contributed by atoms with Crippen molar-refractivity contribution in [1.82, 2.24) is 9.62 Å². The highest BCUT2D eigenvalue weighted by Crippen LogP contribution is 2.26. The maximum absolute atomic E-state index is 12.3. The summed E-state index contributed by atoms with van der Waals surface area (Å²) >= 11 is 0. The Morgan fingerprint density at radius 3 is 2.33 bits per heavy atom. The van der Waals surface area contributed by atoms with Gasteiger partial charge in [0.1, 0.15) is 16.4 Å². The number of rotatable bonds is 9. The van der Waals surface area contributed by atoms with Crippen LogP contribution in [0.25, 0.3) is 0 Å². The van der Waals surface area contributed by atoms with Crippen LogP contribution in [0.4, 0.5) is 0 Å². The van der Waals surface area contributed by atoms with E-state index in [1.54, 1.807) is 13.8 Å². The lowest BCUT2D eigenvalue weighted by Gasteiger charge is -2.17. The van der Waals surface area contributed by atoms with Gasteiger partial charge in [-0.25, -0.2) is 13.1 Å². The normalized spacial score (nSPS) is 12.3. The van der Waals surface area contributed by atoms with Crippen molar-refractivity contribution in [2.24, 2.45) is 0 Å². The molecule has 0 spiro atoms. The zero-order chi connectivity index (χ0) is 16.0. The van der Waals surface area contributed by atoms with Gasteiger partial charge < -0.3 is 14.4 Å². The molecule has 0 aliphatic carbocycles. The van der Waals surface area contributed by atoms with Gasteiger partial charge in [0.05, 0.1) is 6.61 Å². The molecule has 7 heteroatoms. The van der Waals surface area contributed by atoms with Crippen molar-refractivity contribution in [3.63, 3.8) is 0 Å². The highest BCUT2D eigenvalue weighted by molar-refractivity contribution is 7.89. The van der Waals surface area contributed by atoms with Crippen LogP contribution in [0.1, 0.15) is 37.4 Å². The first kappa shape index (κ1) is 18.2.